The zero-order chi connectivity index (χ0) is 53.8. The molecule has 0 bridgehead atoms. The second kappa shape index (κ2) is 31.8. The summed E-state index contributed by atoms with van der Waals surface area (Å²) in [6, 6.07) is 83.1. The average molecular weight is 973 g/mol. The van der Waals surface area contributed by atoms with Gasteiger partial charge in [-0.2, -0.15) is 0 Å². The molecule has 11 aromatic carbocycles. The average Bonchev–Trinajstić information content (AvgIpc) is 4.09. The van der Waals surface area contributed by atoms with E-state index in [2.05, 4.69) is 231 Å². The minimum Gasteiger partial charge on any atom is -0.0683 e. The van der Waals surface area contributed by atoms with Gasteiger partial charge in [-0.15, -0.1) is 0 Å². The van der Waals surface area contributed by atoms with E-state index < -0.39 is 0 Å². The van der Waals surface area contributed by atoms with Gasteiger partial charge in [-0.25, -0.2) is 0 Å². The molecule has 13 rings (SSSR count). The van der Waals surface area contributed by atoms with Crippen molar-refractivity contribution in [3.05, 3.63) is 253 Å². The lowest BCUT2D eigenvalue weighted by Gasteiger charge is -2.18. The van der Waals surface area contributed by atoms with Gasteiger partial charge in [0.25, 0.3) is 0 Å². The maximum Gasteiger partial charge on any atom is -0.00132 e. The third-order valence-corrected chi connectivity index (χ3v) is 12.4. The van der Waals surface area contributed by atoms with E-state index in [-0.39, 0.29) is 0 Å². The minimum absolute atomic E-state index is 1.01. The molecule has 0 nitrogen and oxygen atoms in total. The highest BCUT2D eigenvalue weighted by molar-refractivity contribution is 6.21. The highest BCUT2D eigenvalue weighted by atomic mass is 14.2. The fourth-order valence-corrected chi connectivity index (χ4v) is 9.69. The van der Waals surface area contributed by atoms with E-state index in [1.165, 1.54) is 110 Å². The molecule has 0 N–H and O–H groups in total. The van der Waals surface area contributed by atoms with Crippen LogP contribution < -0.4 is 0 Å². The lowest BCUT2D eigenvalue weighted by atomic mass is 9.85. The van der Waals surface area contributed by atoms with Crippen molar-refractivity contribution in [2.24, 2.45) is 0 Å². The van der Waals surface area contributed by atoms with Crippen LogP contribution in [0.2, 0.25) is 0 Å². The molecule has 0 spiro atoms. The van der Waals surface area contributed by atoms with Gasteiger partial charge in [-0.3, -0.25) is 0 Å². The summed E-state index contributed by atoms with van der Waals surface area (Å²) in [6.07, 6.45) is 2.11. The van der Waals surface area contributed by atoms with Crippen LogP contribution >= 0.6 is 0 Å². The van der Waals surface area contributed by atoms with Gasteiger partial charge < -0.3 is 0 Å². The summed E-state index contributed by atoms with van der Waals surface area (Å²) >= 11 is 0. The molecule has 380 valence electrons. The summed E-state index contributed by atoms with van der Waals surface area (Å²) in [4.78, 5) is 0. The molecule has 0 amide bonds. The van der Waals surface area contributed by atoms with Crippen LogP contribution in [0.4, 0.5) is 0 Å². The van der Waals surface area contributed by atoms with E-state index in [1.54, 1.807) is 0 Å². The Balaban J connectivity index is 0.000000240. The van der Waals surface area contributed by atoms with Gasteiger partial charge in [0.1, 0.15) is 0 Å². The van der Waals surface area contributed by atoms with Crippen LogP contribution in [0.15, 0.2) is 231 Å². The van der Waals surface area contributed by atoms with Crippen molar-refractivity contribution in [1.82, 2.24) is 0 Å². The van der Waals surface area contributed by atoms with E-state index in [4.69, 9.17) is 0 Å². The molecule has 0 fully saturated rings. The maximum atomic E-state index is 2.42. The quantitative estimate of drug-likeness (QED) is 0.120. The zero-order valence-corrected chi connectivity index (χ0v) is 47.4. The monoisotopic (exact) mass is 973 g/mol. The third-order valence-electron chi connectivity index (χ3n) is 12.4. The Bertz CT molecular complexity index is 3210. The maximum absolute atomic E-state index is 2.42. The first-order valence-corrected chi connectivity index (χ1v) is 28.0. The van der Waals surface area contributed by atoms with Gasteiger partial charge >= 0.3 is 0 Å². The molecule has 0 unspecified atom stereocenters. The van der Waals surface area contributed by atoms with Crippen molar-refractivity contribution >= 4 is 43.1 Å². The van der Waals surface area contributed by atoms with Gasteiger partial charge in [0.15, 0.2) is 0 Å². The number of hydrogen-bond acceptors (Lipinski definition) is 0. The standard InChI is InChI=1S/C33H22.C14H10.C13H10.7C2H6/c1-2-10-22(11-3-1)32-28-14-6-8-16-30(28)33(31-17-9-7-15-29(31)32)24-18-19-27-25(21-24)20-23-12-4-5-13-26(23)27;1-3-7-13-11(5-1)9-10-12-6-2-4-8-14(12)13;1-3-7-12-10(5-1)9-11-6-2-4-8-13(11)12;7*1-2/h1-19,21H,20H2;1-10H;1-8H,9H2;7*1-2H3. The first-order chi connectivity index (χ1) is 36.8. The van der Waals surface area contributed by atoms with E-state index in [0.29, 0.717) is 0 Å². The molecule has 0 saturated heterocycles. The molecule has 0 radical (unpaired) electrons. The largest absolute Gasteiger partial charge is 0.0683 e. The van der Waals surface area contributed by atoms with Crippen LogP contribution in [0.25, 0.3) is 87.6 Å². The first-order valence-electron chi connectivity index (χ1n) is 28.0. The highest BCUT2D eigenvalue weighted by Gasteiger charge is 2.21. The van der Waals surface area contributed by atoms with Crippen LogP contribution in [0.3, 0.4) is 0 Å². The predicted molar refractivity (Wildman–Crippen MR) is 336 cm³/mol. The molecule has 2 aliphatic carbocycles. The zero-order valence-electron chi connectivity index (χ0n) is 47.4. The fourth-order valence-electron chi connectivity index (χ4n) is 9.69. The fraction of sp³-hybridized carbons (Fsp3) is 0.216. The van der Waals surface area contributed by atoms with E-state index in [1.807, 2.05) is 96.9 Å². The second-order valence-corrected chi connectivity index (χ2v) is 15.9. The van der Waals surface area contributed by atoms with Gasteiger partial charge in [-0.05, 0) is 123 Å². The summed E-state index contributed by atoms with van der Waals surface area (Å²) in [5, 5.41) is 10.5. The van der Waals surface area contributed by atoms with E-state index in [0.717, 1.165) is 12.8 Å². The molecule has 2 aliphatic rings. The number of fused-ring (bicyclic) bond motifs is 11. The van der Waals surface area contributed by atoms with Crippen molar-refractivity contribution < 1.29 is 0 Å². The van der Waals surface area contributed by atoms with Crippen LogP contribution in [-0.2, 0) is 12.8 Å². The van der Waals surface area contributed by atoms with Crippen LogP contribution in [-0.4, -0.2) is 0 Å². The summed E-state index contributed by atoms with van der Waals surface area (Å²) in [5.74, 6) is 0. The topological polar surface area (TPSA) is 0 Å². The summed E-state index contributed by atoms with van der Waals surface area (Å²) in [6.45, 7) is 28.0. The second-order valence-electron chi connectivity index (χ2n) is 15.9. The highest BCUT2D eigenvalue weighted by Crippen LogP contribution is 2.46. The Labute approximate surface area is 447 Å². The lowest BCUT2D eigenvalue weighted by molar-refractivity contribution is 1.26. The van der Waals surface area contributed by atoms with Crippen molar-refractivity contribution in [1.29, 1.82) is 0 Å². The summed E-state index contributed by atoms with van der Waals surface area (Å²) in [7, 11) is 0. The van der Waals surface area contributed by atoms with Crippen molar-refractivity contribution in [2.75, 3.05) is 0 Å². The minimum atomic E-state index is 1.01. The van der Waals surface area contributed by atoms with Gasteiger partial charge in [-0.1, -0.05) is 327 Å². The number of hydrogen-bond donors (Lipinski definition) is 0. The molecule has 74 heavy (non-hydrogen) atoms. The number of benzene rings is 11. The third kappa shape index (κ3) is 13.3. The molecular formula is C74H84. The Morgan fingerprint density at radius 3 is 0.878 bits per heavy atom. The van der Waals surface area contributed by atoms with Gasteiger partial charge in [0, 0.05) is 0 Å². The normalized spacial score (nSPS) is 10.2. The van der Waals surface area contributed by atoms with Crippen LogP contribution in [0, 0.1) is 0 Å². The summed E-state index contributed by atoms with van der Waals surface area (Å²) in [5.41, 5.74) is 16.6. The molecular weight excluding hydrogens is 889 g/mol. The Morgan fingerprint density at radius 2 is 0.486 bits per heavy atom. The smallest absolute Gasteiger partial charge is 0.00132 e. The SMILES string of the molecule is CC.CC.CC.CC.CC.CC.CC.c1ccc(-c2c3ccccc3c(-c3ccc4c(c3)Cc3ccccc3-4)c3ccccc23)cc1.c1ccc2c(c1)Cc1ccccc1-2.c1ccc2c(c1)ccc1ccccc12. The van der Waals surface area contributed by atoms with Crippen molar-refractivity contribution in [3.63, 3.8) is 0 Å². The molecule has 0 atom stereocenters. The van der Waals surface area contributed by atoms with Gasteiger partial charge in [0.2, 0.25) is 0 Å². The Hall–Kier alpha value is -7.54. The molecule has 0 heteroatoms. The molecule has 11 aromatic rings. The predicted octanol–water partition coefficient (Wildman–Crippen LogP) is 23.3. The van der Waals surface area contributed by atoms with Gasteiger partial charge in [0.05, 0.1) is 0 Å². The van der Waals surface area contributed by atoms with E-state index >= 15 is 0 Å². The lowest BCUT2D eigenvalue weighted by Crippen LogP contribution is -1.91. The molecule has 0 heterocycles. The number of rotatable bonds is 2. The summed E-state index contributed by atoms with van der Waals surface area (Å²) < 4.78 is 0. The Morgan fingerprint density at radius 1 is 0.203 bits per heavy atom. The Kier molecular flexibility index (Phi) is 25.4. The van der Waals surface area contributed by atoms with Crippen LogP contribution in [0.5, 0.6) is 0 Å². The first kappa shape index (κ1) is 59.0. The van der Waals surface area contributed by atoms with Crippen LogP contribution in [0.1, 0.15) is 119 Å². The van der Waals surface area contributed by atoms with Crippen molar-refractivity contribution in [2.45, 2.75) is 110 Å². The van der Waals surface area contributed by atoms with Crippen molar-refractivity contribution in [3.8, 4) is 44.5 Å². The molecule has 0 aromatic heterocycles. The van der Waals surface area contributed by atoms with E-state index in [9.17, 15) is 0 Å². The molecule has 0 saturated carbocycles. The molecule has 0 aliphatic heterocycles.